The molecule has 3 heterocycles. The van der Waals surface area contributed by atoms with Crippen LogP contribution < -0.4 is 4.78 Å². The summed E-state index contributed by atoms with van der Waals surface area (Å²) in [5.41, 5.74) is -0.853. The Kier molecular flexibility index (Phi) is 4.21. The predicted molar refractivity (Wildman–Crippen MR) is 92.6 cm³/mol. The van der Waals surface area contributed by atoms with Crippen LogP contribution in [-0.4, -0.2) is 43.6 Å². The minimum Gasteiger partial charge on any atom is -0.399 e. The molecule has 0 saturated carbocycles. The third-order valence-electron chi connectivity index (χ3n) is 5.14. The molecular formula is C15H24BNO4S2. The average molecular weight is 357 g/mol. The largest absolute Gasteiger partial charge is 0.505 e. The van der Waals surface area contributed by atoms with E-state index in [0.29, 0.717) is 10.8 Å². The maximum absolute atomic E-state index is 12.8. The minimum atomic E-state index is -3.41. The molecule has 0 aromatic carbocycles. The molecule has 5 nitrogen and oxygen atoms in total. The van der Waals surface area contributed by atoms with Gasteiger partial charge < -0.3 is 9.31 Å². The Bertz CT molecular complexity index is 682. The molecule has 0 unspecified atom stereocenters. The van der Waals surface area contributed by atoms with Crippen molar-refractivity contribution < 1.29 is 17.7 Å². The van der Waals surface area contributed by atoms with E-state index in [9.17, 15) is 8.42 Å². The number of hydrogen-bond acceptors (Lipinski definition) is 5. The summed E-state index contributed by atoms with van der Waals surface area (Å²) in [7, 11) is -3.92. The highest BCUT2D eigenvalue weighted by atomic mass is 32.2. The van der Waals surface area contributed by atoms with Gasteiger partial charge in [0.05, 0.1) is 11.2 Å². The number of rotatable bonds is 3. The van der Waals surface area contributed by atoms with Crippen LogP contribution in [0.5, 0.6) is 0 Å². The van der Waals surface area contributed by atoms with E-state index in [1.54, 1.807) is 16.4 Å². The van der Waals surface area contributed by atoms with E-state index in [-0.39, 0.29) is 6.04 Å². The Labute approximate surface area is 143 Å². The van der Waals surface area contributed by atoms with Gasteiger partial charge in [0, 0.05) is 17.4 Å². The molecule has 0 amide bonds. The zero-order valence-corrected chi connectivity index (χ0v) is 16.0. The van der Waals surface area contributed by atoms with Crippen LogP contribution in [0.2, 0.25) is 0 Å². The second kappa shape index (κ2) is 5.56. The summed E-state index contributed by atoms with van der Waals surface area (Å²) in [5.74, 6) is 0. The molecule has 1 aromatic rings. The summed E-state index contributed by atoms with van der Waals surface area (Å²) in [6.07, 6.45) is 1.85. The maximum Gasteiger partial charge on any atom is 0.505 e. The third-order valence-corrected chi connectivity index (χ3v) is 8.73. The lowest BCUT2D eigenvalue weighted by atomic mass is 9.88. The summed E-state index contributed by atoms with van der Waals surface area (Å²) < 4.78 is 40.3. The zero-order chi connectivity index (χ0) is 17.0. The minimum absolute atomic E-state index is 0.0717. The van der Waals surface area contributed by atoms with Crippen LogP contribution in [0.1, 0.15) is 47.5 Å². The van der Waals surface area contributed by atoms with E-state index in [1.165, 1.54) is 11.3 Å². The number of hydrogen-bond donors (Lipinski definition) is 0. The van der Waals surface area contributed by atoms with E-state index in [4.69, 9.17) is 9.31 Å². The predicted octanol–water partition coefficient (Wildman–Crippen LogP) is 2.22. The van der Waals surface area contributed by atoms with Crippen LogP contribution >= 0.6 is 11.3 Å². The van der Waals surface area contributed by atoms with Gasteiger partial charge in [0.25, 0.3) is 10.0 Å². The normalized spacial score (nSPS) is 27.7. The molecule has 8 heteroatoms. The van der Waals surface area contributed by atoms with Crippen molar-refractivity contribution in [1.82, 2.24) is 4.31 Å². The summed E-state index contributed by atoms with van der Waals surface area (Å²) in [6, 6.07) is 3.55. The maximum atomic E-state index is 12.8. The second-order valence-corrected chi connectivity index (χ2v) is 10.6. The highest BCUT2D eigenvalue weighted by molar-refractivity contribution is 7.91. The molecular weight excluding hydrogens is 333 g/mol. The average Bonchev–Trinajstić information content (AvgIpc) is 3.09. The van der Waals surface area contributed by atoms with Crippen molar-refractivity contribution in [2.24, 2.45) is 0 Å². The van der Waals surface area contributed by atoms with E-state index in [1.807, 2.05) is 34.6 Å². The monoisotopic (exact) mass is 357 g/mol. The molecule has 1 aromatic heterocycles. The molecule has 128 valence electrons. The number of nitrogens with zero attached hydrogens (tertiary/aromatic N) is 1. The molecule has 0 spiro atoms. The van der Waals surface area contributed by atoms with Crippen molar-refractivity contribution in [3.8, 4) is 0 Å². The lowest BCUT2D eigenvalue weighted by Gasteiger charge is -2.32. The van der Waals surface area contributed by atoms with Crippen LogP contribution in [0.3, 0.4) is 0 Å². The van der Waals surface area contributed by atoms with Crippen LogP contribution in [0, 0.1) is 0 Å². The second-order valence-electron chi connectivity index (χ2n) is 7.35. The third kappa shape index (κ3) is 2.89. The first-order valence-electron chi connectivity index (χ1n) is 8.02. The van der Waals surface area contributed by atoms with Crippen molar-refractivity contribution in [2.45, 2.75) is 68.9 Å². The van der Waals surface area contributed by atoms with Gasteiger partial charge >= 0.3 is 7.12 Å². The molecule has 0 N–H and O–H groups in total. The van der Waals surface area contributed by atoms with E-state index in [0.717, 1.165) is 17.6 Å². The van der Waals surface area contributed by atoms with Gasteiger partial charge in [0.15, 0.2) is 0 Å². The molecule has 2 fully saturated rings. The highest BCUT2D eigenvalue weighted by Gasteiger charge is 2.52. The molecule has 2 aliphatic heterocycles. The lowest BCUT2D eigenvalue weighted by molar-refractivity contribution is 0.00578. The molecule has 2 saturated heterocycles. The molecule has 0 bridgehead atoms. The van der Waals surface area contributed by atoms with Crippen molar-refractivity contribution in [3.63, 3.8) is 0 Å². The van der Waals surface area contributed by atoms with Gasteiger partial charge in [-0.3, -0.25) is 0 Å². The first kappa shape index (κ1) is 17.4. The molecule has 2 aliphatic rings. The van der Waals surface area contributed by atoms with Crippen LogP contribution in [-0.2, 0) is 19.3 Å². The Hall–Kier alpha value is -0.405. The quantitative estimate of drug-likeness (QED) is 0.779. The lowest BCUT2D eigenvalue weighted by Crippen LogP contribution is -2.41. The van der Waals surface area contributed by atoms with Gasteiger partial charge in [-0.2, -0.15) is 4.31 Å². The van der Waals surface area contributed by atoms with E-state index in [2.05, 4.69) is 0 Å². The molecule has 0 radical (unpaired) electrons. The summed E-state index contributed by atoms with van der Waals surface area (Å²) in [6.45, 7) is 10.5. The standard InChI is InChI=1S/C15H24BNO4S2/c1-11-7-6-10-17(11)23(18,19)13-9-8-12(22-13)16-20-14(2,3)15(4,5)21-16/h8-9,11H,6-7,10H2,1-5H3/t11-/m0/s1. The highest BCUT2D eigenvalue weighted by Crippen LogP contribution is 2.37. The van der Waals surface area contributed by atoms with Crippen LogP contribution in [0.15, 0.2) is 16.3 Å². The van der Waals surface area contributed by atoms with Gasteiger partial charge in [-0.25, -0.2) is 8.42 Å². The van der Waals surface area contributed by atoms with Crippen molar-refractivity contribution in [1.29, 1.82) is 0 Å². The SMILES string of the molecule is C[C@H]1CCCN1S(=O)(=O)c1ccc(B2OC(C)(C)C(C)(C)O2)s1. The van der Waals surface area contributed by atoms with Gasteiger partial charge in [-0.05, 0) is 53.5 Å². The fourth-order valence-corrected chi connectivity index (χ4v) is 6.05. The first-order valence-corrected chi connectivity index (χ1v) is 10.3. The van der Waals surface area contributed by atoms with Crippen LogP contribution in [0.25, 0.3) is 0 Å². The van der Waals surface area contributed by atoms with Crippen molar-refractivity contribution in [2.75, 3.05) is 6.54 Å². The topological polar surface area (TPSA) is 55.8 Å². The van der Waals surface area contributed by atoms with E-state index >= 15 is 0 Å². The smallest absolute Gasteiger partial charge is 0.399 e. The Balaban J connectivity index is 1.85. The molecule has 0 aliphatic carbocycles. The Morgan fingerprint density at radius 1 is 1.22 bits per heavy atom. The van der Waals surface area contributed by atoms with E-state index < -0.39 is 28.3 Å². The van der Waals surface area contributed by atoms with Crippen LogP contribution in [0.4, 0.5) is 0 Å². The molecule has 1 atom stereocenters. The Morgan fingerprint density at radius 3 is 2.35 bits per heavy atom. The molecule has 3 rings (SSSR count). The number of thiophene rings is 1. The van der Waals surface area contributed by atoms with Gasteiger partial charge in [-0.1, -0.05) is 6.07 Å². The summed E-state index contributed by atoms with van der Waals surface area (Å²) in [5, 5.41) is 0. The fraction of sp³-hybridized carbons (Fsp3) is 0.733. The summed E-state index contributed by atoms with van der Waals surface area (Å²) >= 11 is 1.25. The van der Waals surface area contributed by atoms with Crippen molar-refractivity contribution >= 4 is 33.3 Å². The van der Waals surface area contributed by atoms with Gasteiger partial charge in [-0.15, -0.1) is 11.3 Å². The molecule has 23 heavy (non-hydrogen) atoms. The zero-order valence-electron chi connectivity index (χ0n) is 14.3. The summed E-state index contributed by atoms with van der Waals surface area (Å²) in [4.78, 5) is 0. The first-order chi connectivity index (χ1) is 10.5. The van der Waals surface area contributed by atoms with Crippen molar-refractivity contribution in [3.05, 3.63) is 12.1 Å². The Morgan fingerprint density at radius 2 is 1.83 bits per heavy atom. The van der Waals surface area contributed by atoms with Gasteiger partial charge in [0.2, 0.25) is 0 Å². The fourth-order valence-electron chi connectivity index (χ4n) is 2.94. The number of sulfonamides is 1. The van der Waals surface area contributed by atoms with Gasteiger partial charge in [0.1, 0.15) is 4.21 Å².